The summed E-state index contributed by atoms with van der Waals surface area (Å²) in [6.07, 6.45) is 1.42. The van der Waals surface area contributed by atoms with Crippen molar-refractivity contribution in [1.29, 1.82) is 0 Å². The maximum atomic E-state index is 11.6. The average molecular weight is 266 g/mol. The first-order valence-corrected chi connectivity index (χ1v) is 6.61. The van der Waals surface area contributed by atoms with Gasteiger partial charge in [0, 0.05) is 12.0 Å². The van der Waals surface area contributed by atoms with Gasteiger partial charge in [0.1, 0.15) is 0 Å². The van der Waals surface area contributed by atoms with E-state index in [0.717, 1.165) is 34.2 Å². The van der Waals surface area contributed by atoms with Crippen LogP contribution in [-0.4, -0.2) is 16.9 Å². The summed E-state index contributed by atoms with van der Waals surface area (Å²) in [7, 11) is 0. The predicted molar refractivity (Wildman–Crippen MR) is 75.9 cm³/mol. The van der Waals surface area contributed by atoms with Crippen LogP contribution in [-0.2, 0) is 17.6 Å². The molecule has 0 spiro atoms. The number of ketones is 1. The third kappa shape index (κ3) is 2.35. The van der Waals surface area contributed by atoms with Gasteiger partial charge in [-0.05, 0) is 28.7 Å². The number of Topliss-reactive ketones (excluding diaryl/α,β-unsaturated/α-hetero) is 1. The molecule has 0 aromatic heterocycles. The molecule has 0 fully saturated rings. The van der Waals surface area contributed by atoms with Crippen molar-refractivity contribution < 1.29 is 14.7 Å². The predicted octanol–water partition coefficient (Wildman–Crippen LogP) is 3.11. The molecule has 100 valence electrons. The normalized spacial score (nSPS) is 13.3. The van der Waals surface area contributed by atoms with Gasteiger partial charge in [0.25, 0.3) is 0 Å². The lowest BCUT2D eigenvalue weighted by molar-refractivity contribution is -0.136. The molecular weight excluding hydrogens is 252 g/mol. The van der Waals surface area contributed by atoms with E-state index in [2.05, 4.69) is 0 Å². The maximum Gasteiger partial charge on any atom is 0.307 e. The van der Waals surface area contributed by atoms with Crippen LogP contribution in [0.1, 0.15) is 27.9 Å². The van der Waals surface area contributed by atoms with Crippen molar-refractivity contribution in [3.8, 4) is 11.1 Å². The lowest BCUT2D eigenvalue weighted by Gasteiger charge is -2.06. The van der Waals surface area contributed by atoms with Crippen LogP contribution in [0.15, 0.2) is 42.5 Å². The molecule has 0 bridgehead atoms. The molecule has 1 aliphatic carbocycles. The Kier molecular flexibility index (Phi) is 3.11. The standard InChI is InChI=1S/C17H14O3/c18-16-7-5-14-10-13(4-6-15(14)16)12-3-1-2-11(8-12)9-17(19)20/h1-4,6,8,10H,5,7,9H2,(H,19,20). The summed E-state index contributed by atoms with van der Waals surface area (Å²) in [6, 6.07) is 13.4. The lowest BCUT2D eigenvalue weighted by Crippen LogP contribution is -1.99. The largest absolute Gasteiger partial charge is 0.481 e. The van der Waals surface area contributed by atoms with Crippen LogP contribution in [0.3, 0.4) is 0 Å². The molecule has 0 aliphatic heterocycles. The van der Waals surface area contributed by atoms with Gasteiger partial charge in [0.15, 0.2) is 5.78 Å². The highest BCUT2D eigenvalue weighted by Crippen LogP contribution is 2.28. The molecule has 0 saturated carbocycles. The Morgan fingerprint density at radius 2 is 1.85 bits per heavy atom. The van der Waals surface area contributed by atoms with Gasteiger partial charge in [-0.15, -0.1) is 0 Å². The fourth-order valence-electron chi connectivity index (χ4n) is 2.67. The number of hydrogen-bond acceptors (Lipinski definition) is 2. The minimum atomic E-state index is -0.832. The Hall–Kier alpha value is -2.42. The summed E-state index contributed by atoms with van der Waals surface area (Å²) < 4.78 is 0. The molecule has 3 heteroatoms. The first-order valence-electron chi connectivity index (χ1n) is 6.61. The second-order valence-corrected chi connectivity index (χ2v) is 5.07. The molecular formula is C17H14O3. The fourth-order valence-corrected chi connectivity index (χ4v) is 2.67. The zero-order valence-corrected chi connectivity index (χ0v) is 10.9. The maximum absolute atomic E-state index is 11.6. The number of benzene rings is 2. The molecule has 0 unspecified atom stereocenters. The number of aryl methyl sites for hydroxylation is 1. The SMILES string of the molecule is O=C(O)Cc1cccc(-c2ccc3c(c2)CCC3=O)c1. The average Bonchev–Trinajstić information content (AvgIpc) is 2.79. The molecule has 0 saturated heterocycles. The van der Waals surface area contributed by atoms with Crippen LogP contribution in [0.4, 0.5) is 0 Å². The Labute approximate surface area is 116 Å². The molecule has 0 heterocycles. The van der Waals surface area contributed by atoms with E-state index in [9.17, 15) is 9.59 Å². The Balaban J connectivity index is 1.97. The molecule has 0 atom stereocenters. The summed E-state index contributed by atoms with van der Waals surface area (Å²) in [4.78, 5) is 22.4. The highest BCUT2D eigenvalue weighted by atomic mass is 16.4. The molecule has 3 nitrogen and oxygen atoms in total. The van der Waals surface area contributed by atoms with Crippen molar-refractivity contribution in [3.05, 3.63) is 59.2 Å². The summed E-state index contributed by atoms with van der Waals surface area (Å²) in [6.45, 7) is 0. The monoisotopic (exact) mass is 266 g/mol. The third-order valence-electron chi connectivity index (χ3n) is 3.64. The number of carboxylic acid groups (broad SMARTS) is 1. The van der Waals surface area contributed by atoms with Crippen molar-refractivity contribution in [2.75, 3.05) is 0 Å². The van der Waals surface area contributed by atoms with Gasteiger partial charge in [-0.2, -0.15) is 0 Å². The quantitative estimate of drug-likeness (QED) is 0.928. The van der Waals surface area contributed by atoms with Crippen LogP contribution in [0, 0.1) is 0 Å². The van der Waals surface area contributed by atoms with E-state index in [4.69, 9.17) is 5.11 Å². The molecule has 1 N–H and O–H groups in total. The Morgan fingerprint density at radius 1 is 1.05 bits per heavy atom. The topological polar surface area (TPSA) is 54.4 Å². The van der Waals surface area contributed by atoms with Crippen molar-refractivity contribution in [2.24, 2.45) is 0 Å². The van der Waals surface area contributed by atoms with E-state index in [-0.39, 0.29) is 12.2 Å². The van der Waals surface area contributed by atoms with E-state index in [1.165, 1.54) is 0 Å². The molecule has 2 aromatic rings. The van der Waals surface area contributed by atoms with Crippen molar-refractivity contribution in [3.63, 3.8) is 0 Å². The van der Waals surface area contributed by atoms with Gasteiger partial charge in [-0.3, -0.25) is 9.59 Å². The minimum absolute atomic E-state index is 0.0251. The molecule has 1 aliphatic rings. The Morgan fingerprint density at radius 3 is 2.65 bits per heavy atom. The smallest absolute Gasteiger partial charge is 0.307 e. The number of carbonyl (C=O) groups excluding carboxylic acids is 1. The number of fused-ring (bicyclic) bond motifs is 1. The zero-order chi connectivity index (χ0) is 14.1. The van der Waals surface area contributed by atoms with Crippen molar-refractivity contribution in [2.45, 2.75) is 19.3 Å². The summed E-state index contributed by atoms with van der Waals surface area (Å²) in [5.41, 5.74) is 4.73. The number of hydrogen-bond donors (Lipinski definition) is 1. The molecule has 20 heavy (non-hydrogen) atoms. The molecule has 3 rings (SSSR count). The second kappa shape index (κ2) is 4.93. The number of aliphatic carboxylic acids is 1. The van der Waals surface area contributed by atoms with Gasteiger partial charge in [0.05, 0.1) is 6.42 Å². The lowest BCUT2D eigenvalue weighted by atomic mass is 9.98. The number of rotatable bonds is 3. The van der Waals surface area contributed by atoms with Crippen molar-refractivity contribution in [1.82, 2.24) is 0 Å². The minimum Gasteiger partial charge on any atom is -0.481 e. The van der Waals surface area contributed by atoms with Gasteiger partial charge in [-0.25, -0.2) is 0 Å². The zero-order valence-electron chi connectivity index (χ0n) is 10.9. The first kappa shape index (κ1) is 12.6. The van der Waals surface area contributed by atoms with Gasteiger partial charge >= 0.3 is 5.97 Å². The van der Waals surface area contributed by atoms with Crippen LogP contribution in [0.2, 0.25) is 0 Å². The molecule has 0 amide bonds. The van der Waals surface area contributed by atoms with E-state index >= 15 is 0 Å². The summed E-state index contributed by atoms with van der Waals surface area (Å²) in [5, 5.41) is 8.85. The first-order chi connectivity index (χ1) is 9.63. The van der Waals surface area contributed by atoms with Crippen LogP contribution >= 0.6 is 0 Å². The Bertz CT molecular complexity index is 701. The third-order valence-corrected chi connectivity index (χ3v) is 3.64. The van der Waals surface area contributed by atoms with Gasteiger partial charge < -0.3 is 5.11 Å². The molecule has 2 aromatic carbocycles. The highest BCUT2D eigenvalue weighted by molar-refractivity contribution is 6.00. The van der Waals surface area contributed by atoms with Gasteiger partial charge in [0.2, 0.25) is 0 Å². The van der Waals surface area contributed by atoms with Crippen LogP contribution < -0.4 is 0 Å². The van der Waals surface area contributed by atoms with Gasteiger partial charge in [-0.1, -0.05) is 42.5 Å². The second-order valence-electron chi connectivity index (χ2n) is 5.07. The van der Waals surface area contributed by atoms with Crippen LogP contribution in [0.25, 0.3) is 11.1 Å². The van der Waals surface area contributed by atoms with Crippen molar-refractivity contribution >= 4 is 11.8 Å². The number of carbonyl (C=O) groups is 2. The summed E-state index contributed by atoms with van der Waals surface area (Å²) in [5.74, 6) is -0.618. The fraction of sp³-hybridized carbons (Fsp3) is 0.176. The van der Waals surface area contributed by atoms with E-state index in [0.29, 0.717) is 6.42 Å². The highest BCUT2D eigenvalue weighted by Gasteiger charge is 2.19. The van der Waals surface area contributed by atoms with Crippen LogP contribution in [0.5, 0.6) is 0 Å². The van der Waals surface area contributed by atoms with E-state index in [1.807, 2.05) is 42.5 Å². The van der Waals surface area contributed by atoms with E-state index < -0.39 is 5.97 Å². The summed E-state index contributed by atoms with van der Waals surface area (Å²) >= 11 is 0. The molecule has 0 radical (unpaired) electrons. The van der Waals surface area contributed by atoms with E-state index in [1.54, 1.807) is 0 Å². The number of carboxylic acids is 1.